The first-order valence-corrected chi connectivity index (χ1v) is 12.2. The molecular weight excluding hydrogens is 444 g/mol. The van der Waals surface area contributed by atoms with Gasteiger partial charge in [-0.05, 0) is 43.2 Å². The summed E-state index contributed by atoms with van der Waals surface area (Å²) in [6.45, 7) is 1.18. The summed E-state index contributed by atoms with van der Waals surface area (Å²) in [5.41, 5.74) is 0.783. The zero-order valence-electron chi connectivity index (χ0n) is 18.3. The summed E-state index contributed by atoms with van der Waals surface area (Å²) >= 11 is 0. The molecule has 0 atom stereocenters. The molecule has 0 radical (unpaired) electrons. The number of hydrogen-bond acceptors (Lipinski definition) is 5. The van der Waals surface area contributed by atoms with Crippen LogP contribution in [0.3, 0.4) is 0 Å². The minimum Gasteiger partial charge on any atom is -0.467 e. The number of anilines is 1. The van der Waals surface area contributed by atoms with Crippen molar-refractivity contribution in [1.29, 1.82) is 0 Å². The number of furan rings is 1. The van der Waals surface area contributed by atoms with Crippen molar-refractivity contribution in [2.24, 2.45) is 7.05 Å². The number of carbonyl (C=O) groups excluding carboxylic acids is 2. The zero-order valence-corrected chi connectivity index (χ0v) is 19.1. The van der Waals surface area contributed by atoms with Gasteiger partial charge in [0.15, 0.2) is 0 Å². The minimum atomic E-state index is -3.66. The van der Waals surface area contributed by atoms with E-state index in [0.29, 0.717) is 24.5 Å². The average Bonchev–Trinajstić information content (AvgIpc) is 3.48. The van der Waals surface area contributed by atoms with E-state index in [0.717, 1.165) is 19.3 Å². The van der Waals surface area contributed by atoms with Gasteiger partial charge in [-0.2, -0.15) is 4.31 Å². The number of amides is 2. The third-order valence-electron chi connectivity index (χ3n) is 5.59. The number of piperidine rings is 1. The third-order valence-corrected chi connectivity index (χ3v) is 7.45. The highest BCUT2D eigenvalue weighted by atomic mass is 32.2. The van der Waals surface area contributed by atoms with Crippen LogP contribution in [-0.4, -0.2) is 42.2 Å². The van der Waals surface area contributed by atoms with Crippen LogP contribution in [0.25, 0.3) is 0 Å². The van der Waals surface area contributed by atoms with Crippen molar-refractivity contribution in [3.05, 3.63) is 71.9 Å². The summed E-state index contributed by atoms with van der Waals surface area (Å²) in [6, 6.07) is 11.5. The van der Waals surface area contributed by atoms with Gasteiger partial charge in [0.25, 0.3) is 11.8 Å². The predicted molar refractivity (Wildman–Crippen MR) is 122 cm³/mol. The molecule has 0 bridgehead atoms. The highest BCUT2D eigenvalue weighted by Gasteiger charge is 2.28. The molecule has 1 aliphatic rings. The first kappa shape index (κ1) is 22.8. The number of aromatic nitrogens is 1. The van der Waals surface area contributed by atoms with E-state index in [-0.39, 0.29) is 28.6 Å². The van der Waals surface area contributed by atoms with Crippen LogP contribution >= 0.6 is 0 Å². The van der Waals surface area contributed by atoms with Gasteiger partial charge in [-0.3, -0.25) is 9.59 Å². The van der Waals surface area contributed by atoms with Crippen molar-refractivity contribution < 1.29 is 22.4 Å². The fourth-order valence-electron chi connectivity index (χ4n) is 3.81. The molecule has 2 N–H and O–H groups in total. The Morgan fingerprint density at radius 1 is 1.03 bits per heavy atom. The van der Waals surface area contributed by atoms with Crippen LogP contribution < -0.4 is 10.6 Å². The first-order chi connectivity index (χ1) is 15.9. The lowest BCUT2D eigenvalue weighted by molar-refractivity contribution is 0.0949. The second kappa shape index (κ2) is 9.63. The topological polar surface area (TPSA) is 114 Å². The van der Waals surface area contributed by atoms with Gasteiger partial charge < -0.3 is 19.6 Å². The van der Waals surface area contributed by atoms with Crippen LogP contribution in [0.1, 0.15) is 45.9 Å². The molecule has 4 rings (SSSR count). The molecule has 9 nitrogen and oxygen atoms in total. The second-order valence-electron chi connectivity index (χ2n) is 7.90. The Morgan fingerprint density at radius 3 is 2.52 bits per heavy atom. The summed E-state index contributed by atoms with van der Waals surface area (Å²) in [5, 5.41) is 5.49. The normalized spacial score (nSPS) is 14.7. The summed E-state index contributed by atoms with van der Waals surface area (Å²) in [7, 11) is -2.04. The number of nitrogens with one attached hydrogen (secondary N) is 2. The first-order valence-electron chi connectivity index (χ1n) is 10.7. The van der Waals surface area contributed by atoms with Gasteiger partial charge in [0.2, 0.25) is 10.0 Å². The van der Waals surface area contributed by atoms with E-state index in [4.69, 9.17) is 4.42 Å². The molecular formula is C23H26N4O5S. The maximum absolute atomic E-state index is 13.0. The van der Waals surface area contributed by atoms with Crippen LogP contribution in [0.15, 0.2) is 64.2 Å². The number of para-hydroxylation sites is 1. The van der Waals surface area contributed by atoms with Crippen molar-refractivity contribution in [2.45, 2.75) is 30.7 Å². The lowest BCUT2D eigenvalue weighted by Gasteiger charge is -2.25. The third kappa shape index (κ3) is 5.01. The minimum absolute atomic E-state index is 0.0847. The molecule has 2 amide bonds. The fourth-order valence-corrected chi connectivity index (χ4v) is 5.40. The monoisotopic (exact) mass is 470 g/mol. The number of benzene rings is 1. The maximum Gasteiger partial charge on any atom is 0.272 e. The largest absolute Gasteiger partial charge is 0.467 e. The number of hydrogen-bond donors (Lipinski definition) is 2. The van der Waals surface area contributed by atoms with Gasteiger partial charge >= 0.3 is 0 Å². The Kier molecular flexibility index (Phi) is 6.66. The maximum atomic E-state index is 13.0. The lowest BCUT2D eigenvalue weighted by atomic mass is 10.1. The van der Waals surface area contributed by atoms with Crippen LogP contribution in [0.5, 0.6) is 0 Å². The number of carbonyl (C=O) groups is 2. The molecule has 0 spiro atoms. The van der Waals surface area contributed by atoms with E-state index in [1.54, 1.807) is 43.4 Å². The average molecular weight is 471 g/mol. The van der Waals surface area contributed by atoms with Crippen molar-refractivity contribution in [3.8, 4) is 0 Å². The molecule has 1 aromatic carbocycles. The van der Waals surface area contributed by atoms with E-state index in [1.807, 2.05) is 0 Å². The second-order valence-corrected chi connectivity index (χ2v) is 9.84. The van der Waals surface area contributed by atoms with Gasteiger partial charge in [0.05, 0.1) is 24.1 Å². The van der Waals surface area contributed by atoms with E-state index in [2.05, 4.69) is 10.6 Å². The molecule has 0 unspecified atom stereocenters. The van der Waals surface area contributed by atoms with E-state index in [1.165, 1.54) is 27.4 Å². The summed E-state index contributed by atoms with van der Waals surface area (Å²) in [4.78, 5) is 25.7. The standard InChI is InChI=1S/C23H26N4O5S/c1-26-16-18(33(30,31)27-11-5-2-6-12-27)14-21(26)23(29)25-20-10-4-3-9-19(20)22(28)24-15-17-8-7-13-32-17/h3-4,7-10,13-14,16H,2,5-6,11-12,15H2,1H3,(H,24,28)(H,25,29). The molecule has 174 valence electrons. The molecule has 1 saturated heterocycles. The SMILES string of the molecule is Cn1cc(S(=O)(=O)N2CCCCC2)cc1C(=O)Nc1ccccc1C(=O)NCc1ccco1. The van der Waals surface area contributed by atoms with Gasteiger partial charge in [-0.15, -0.1) is 0 Å². The van der Waals surface area contributed by atoms with Crippen molar-refractivity contribution in [1.82, 2.24) is 14.2 Å². The van der Waals surface area contributed by atoms with E-state index in [9.17, 15) is 18.0 Å². The van der Waals surface area contributed by atoms with Crippen LogP contribution in [0, 0.1) is 0 Å². The lowest BCUT2D eigenvalue weighted by Crippen LogP contribution is -2.35. The van der Waals surface area contributed by atoms with Gasteiger partial charge in [-0.1, -0.05) is 18.6 Å². The number of nitrogens with zero attached hydrogens (tertiary/aromatic N) is 2. The fraction of sp³-hybridized carbons (Fsp3) is 0.304. The summed E-state index contributed by atoms with van der Waals surface area (Å²) in [5.74, 6) is -0.275. The zero-order chi connectivity index (χ0) is 23.4. The molecule has 33 heavy (non-hydrogen) atoms. The van der Waals surface area contributed by atoms with Crippen molar-refractivity contribution in [3.63, 3.8) is 0 Å². The van der Waals surface area contributed by atoms with Crippen molar-refractivity contribution in [2.75, 3.05) is 18.4 Å². The van der Waals surface area contributed by atoms with Crippen LogP contribution in [-0.2, 0) is 23.6 Å². The van der Waals surface area contributed by atoms with Gasteiger partial charge in [0.1, 0.15) is 16.3 Å². The van der Waals surface area contributed by atoms with E-state index < -0.39 is 15.9 Å². The van der Waals surface area contributed by atoms with Crippen LogP contribution in [0.4, 0.5) is 5.69 Å². The molecule has 10 heteroatoms. The van der Waals surface area contributed by atoms with Crippen molar-refractivity contribution >= 4 is 27.5 Å². The molecule has 0 aliphatic carbocycles. The molecule has 0 saturated carbocycles. The number of rotatable bonds is 7. The molecule has 1 aliphatic heterocycles. The Balaban J connectivity index is 1.50. The molecule has 3 heterocycles. The molecule has 3 aromatic rings. The molecule has 2 aromatic heterocycles. The Hall–Kier alpha value is -3.37. The van der Waals surface area contributed by atoms with Gasteiger partial charge in [0, 0.05) is 26.3 Å². The highest BCUT2D eigenvalue weighted by molar-refractivity contribution is 7.89. The molecule has 1 fully saturated rings. The quantitative estimate of drug-likeness (QED) is 0.551. The van der Waals surface area contributed by atoms with Gasteiger partial charge in [-0.25, -0.2) is 8.42 Å². The smallest absolute Gasteiger partial charge is 0.272 e. The number of aryl methyl sites for hydroxylation is 1. The summed E-state index contributed by atoms with van der Waals surface area (Å²) in [6.07, 6.45) is 5.65. The predicted octanol–water partition coefficient (Wildman–Crippen LogP) is 2.98. The van der Waals surface area contributed by atoms with Crippen LogP contribution in [0.2, 0.25) is 0 Å². The number of sulfonamides is 1. The highest BCUT2D eigenvalue weighted by Crippen LogP contribution is 2.23. The van der Waals surface area contributed by atoms with E-state index >= 15 is 0 Å². The Morgan fingerprint density at radius 2 is 1.79 bits per heavy atom. The Labute approximate surface area is 192 Å². The Bertz CT molecular complexity index is 1240. The summed E-state index contributed by atoms with van der Waals surface area (Å²) < 4.78 is 34.1.